The Bertz CT molecular complexity index is 745. The molecule has 140 valence electrons. The Balaban J connectivity index is 0.00000243. The minimum Gasteiger partial charge on any atom is -0.398 e. The Morgan fingerprint density at radius 3 is 2.65 bits per heavy atom. The van der Waals surface area contributed by atoms with Crippen LogP contribution in [0.5, 0.6) is 0 Å². The summed E-state index contributed by atoms with van der Waals surface area (Å²) < 4.78 is 0. The van der Waals surface area contributed by atoms with E-state index < -0.39 is 0 Å². The molecule has 1 aliphatic heterocycles. The van der Waals surface area contributed by atoms with Crippen LogP contribution in [0.1, 0.15) is 43.0 Å². The first-order chi connectivity index (χ1) is 12.1. The summed E-state index contributed by atoms with van der Waals surface area (Å²) in [5.74, 6) is 0.0438. The number of anilines is 2. The molecule has 4 nitrogen and oxygen atoms in total. The number of aryl methyl sites for hydroxylation is 1. The predicted octanol–water partition coefficient (Wildman–Crippen LogP) is 3.88. The molecule has 1 atom stereocenters. The van der Waals surface area contributed by atoms with Gasteiger partial charge >= 0.3 is 0 Å². The number of nitrogens with one attached hydrogen (secondary N) is 1. The number of amides is 1. The van der Waals surface area contributed by atoms with Gasteiger partial charge in [-0.3, -0.25) is 4.79 Å². The lowest BCUT2D eigenvalue weighted by atomic mass is 10.00. The van der Waals surface area contributed by atoms with E-state index in [0.29, 0.717) is 6.54 Å². The monoisotopic (exact) mass is 373 g/mol. The van der Waals surface area contributed by atoms with Crippen molar-refractivity contribution in [2.75, 3.05) is 23.7 Å². The van der Waals surface area contributed by atoms with Gasteiger partial charge in [0.2, 0.25) is 5.91 Å². The molecule has 1 amide bonds. The normalized spacial score (nSPS) is 14.2. The molecule has 0 saturated carbocycles. The molecule has 0 aromatic heterocycles. The number of carbonyl (C=O) groups excluding carboxylic acids is 1. The standard InChI is InChI=1S/C21H27N3O.ClH/c1-3-16-9-11-17(12-10-16)15(2)23-21(25)14-24-13-5-6-18-19(22)7-4-8-20(18)24;/h4,7-12,15H,3,5-6,13-14,22H2,1-2H3,(H,23,25);1H. The summed E-state index contributed by atoms with van der Waals surface area (Å²) >= 11 is 0. The van der Waals surface area contributed by atoms with E-state index in [9.17, 15) is 4.79 Å². The van der Waals surface area contributed by atoms with E-state index in [-0.39, 0.29) is 24.4 Å². The van der Waals surface area contributed by atoms with Crippen LogP contribution in [0.2, 0.25) is 0 Å². The van der Waals surface area contributed by atoms with Crippen molar-refractivity contribution in [1.29, 1.82) is 0 Å². The zero-order chi connectivity index (χ0) is 17.8. The maximum absolute atomic E-state index is 12.5. The van der Waals surface area contributed by atoms with E-state index in [2.05, 4.69) is 47.5 Å². The summed E-state index contributed by atoms with van der Waals surface area (Å²) in [6.45, 7) is 5.43. The van der Waals surface area contributed by atoms with E-state index in [0.717, 1.165) is 42.7 Å². The number of halogens is 1. The van der Waals surface area contributed by atoms with Crippen molar-refractivity contribution < 1.29 is 4.79 Å². The van der Waals surface area contributed by atoms with Gasteiger partial charge < -0.3 is 16.0 Å². The van der Waals surface area contributed by atoms with Gasteiger partial charge in [0.1, 0.15) is 0 Å². The van der Waals surface area contributed by atoms with Crippen molar-refractivity contribution in [3.05, 3.63) is 59.2 Å². The van der Waals surface area contributed by atoms with E-state index >= 15 is 0 Å². The third-order valence-corrected chi connectivity index (χ3v) is 4.98. The molecule has 2 aromatic rings. The summed E-state index contributed by atoms with van der Waals surface area (Å²) in [6, 6.07) is 14.4. The molecule has 3 N–H and O–H groups in total. The van der Waals surface area contributed by atoms with Crippen molar-refractivity contribution in [3.8, 4) is 0 Å². The summed E-state index contributed by atoms with van der Waals surface area (Å²) in [6.07, 6.45) is 3.04. The first-order valence-electron chi connectivity index (χ1n) is 9.09. The smallest absolute Gasteiger partial charge is 0.239 e. The number of rotatable bonds is 5. The molecule has 0 aliphatic carbocycles. The second kappa shape index (κ2) is 8.95. The molecule has 5 heteroatoms. The number of nitrogens with two attached hydrogens (primary N) is 1. The van der Waals surface area contributed by atoms with Crippen LogP contribution in [0.3, 0.4) is 0 Å². The molecule has 1 aliphatic rings. The van der Waals surface area contributed by atoms with Gasteiger partial charge in [0.15, 0.2) is 0 Å². The molecule has 1 unspecified atom stereocenters. The third kappa shape index (κ3) is 4.50. The largest absolute Gasteiger partial charge is 0.398 e. The number of nitrogen functional groups attached to an aromatic ring is 1. The highest BCUT2D eigenvalue weighted by molar-refractivity contribution is 5.85. The molecule has 0 fully saturated rings. The number of hydrogen-bond acceptors (Lipinski definition) is 3. The van der Waals surface area contributed by atoms with E-state index in [4.69, 9.17) is 5.73 Å². The van der Waals surface area contributed by atoms with Crippen LogP contribution in [0.4, 0.5) is 11.4 Å². The van der Waals surface area contributed by atoms with E-state index in [1.807, 2.05) is 19.1 Å². The first kappa shape index (κ1) is 20.1. The molecule has 2 aromatic carbocycles. The first-order valence-corrected chi connectivity index (χ1v) is 9.09. The summed E-state index contributed by atoms with van der Waals surface area (Å²) in [5, 5.41) is 3.11. The van der Waals surface area contributed by atoms with Crippen LogP contribution in [-0.2, 0) is 17.6 Å². The lowest BCUT2D eigenvalue weighted by molar-refractivity contribution is -0.120. The fourth-order valence-corrected chi connectivity index (χ4v) is 3.48. The average Bonchev–Trinajstić information content (AvgIpc) is 2.62. The van der Waals surface area contributed by atoms with Crippen LogP contribution >= 0.6 is 12.4 Å². The van der Waals surface area contributed by atoms with Crippen molar-refractivity contribution in [1.82, 2.24) is 5.32 Å². The van der Waals surface area contributed by atoms with Gasteiger partial charge in [-0.1, -0.05) is 37.3 Å². The molecule has 0 spiro atoms. The summed E-state index contributed by atoms with van der Waals surface area (Å²) in [5.41, 5.74) is 11.6. The molecular weight excluding hydrogens is 346 g/mol. The lowest BCUT2D eigenvalue weighted by Gasteiger charge is -2.31. The number of benzene rings is 2. The lowest BCUT2D eigenvalue weighted by Crippen LogP contribution is -2.40. The van der Waals surface area contributed by atoms with Gasteiger partial charge in [0.25, 0.3) is 0 Å². The Kier molecular flexibility index (Phi) is 6.92. The molecule has 3 rings (SSSR count). The van der Waals surface area contributed by atoms with Crippen LogP contribution in [0.15, 0.2) is 42.5 Å². The topological polar surface area (TPSA) is 58.4 Å². The SMILES string of the molecule is CCc1ccc(C(C)NC(=O)CN2CCCc3c(N)cccc32)cc1.Cl. The second-order valence-corrected chi connectivity index (χ2v) is 6.75. The third-order valence-electron chi connectivity index (χ3n) is 4.98. The summed E-state index contributed by atoms with van der Waals surface area (Å²) in [7, 11) is 0. The Morgan fingerprint density at radius 1 is 1.23 bits per heavy atom. The van der Waals surface area contributed by atoms with Crippen LogP contribution in [0, 0.1) is 0 Å². The maximum atomic E-state index is 12.5. The van der Waals surface area contributed by atoms with Crippen molar-refractivity contribution >= 4 is 29.7 Å². The van der Waals surface area contributed by atoms with Crippen LogP contribution in [0.25, 0.3) is 0 Å². The number of hydrogen-bond donors (Lipinski definition) is 2. The minimum absolute atomic E-state index is 0. The second-order valence-electron chi connectivity index (χ2n) is 6.75. The van der Waals surface area contributed by atoms with E-state index in [1.54, 1.807) is 0 Å². The molecule has 0 bridgehead atoms. The zero-order valence-corrected chi connectivity index (χ0v) is 16.3. The molecular formula is C21H28ClN3O. The Morgan fingerprint density at radius 2 is 1.96 bits per heavy atom. The predicted molar refractivity (Wildman–Crippen MR) is 111 cm³/mol. The Hall–Kier alpha value is -2.20. The van der Waals surface area contributed by atoms with Crippen molar-refractivity contribution in [2.45, 2.75) is 39.2 Å². The van der Waals surface area contributed by atoms with Crippen LogP contribution < -0.4 is 16.0 Å². The van der Waals surface area contributed by atoms with Gasteiger partial charge in [0.05, 0.1) is 12.6 Å². The number of carbonyl (C=O) groups is 1. The molecule has 0 saturated heterocycles. The van der Waals surface area contributed by atoms with Crippen LogP contribution in [-0.4, -0.2) is 19.0 Å². The van der Waals surface area contributed by atoms with Crippen molar-refractivity contribution in [2.24, 2.45) is 0 Å². The van der Waals surface area contributed by atoms with Gasteiger partial charge in [-0.2, -0.15) is 0 Å². The molecule has 26 heavy (non-hydrogen) atoms. The maximum Gasteiger partial charge on any atom is 0.239 e. The van der Waals surface area contributed by atoms with E-state index in [1.165, 1.54) is 11.1 Å². The van der Waals surface area contributed by atoms with Gasteiger partial charge in [0, 0.05) is 17.9 Å². The highest BCUT2D eigenvalue weighted by Crippen LogP contribution is 2.31. The minimum atomic E-state index is 0. The van der Waals surface area contributed by atoms with Crippen molar-refractivity contribution in [3.63, 3.8) is 0 Å². The van der Waals surface area contributed by atoms with Gasteiger partial charge in [-0.25, -0.2) is 0 Å². The van der Waals surface area contributed by atoms with Gasteiger partial charge in [-0.05, 0) is 55.0 Å². The Labute approximate surface area is 162 Å². The zero-order valence-electron chi connectivity index (χ0n) is 15.5. The average molecular weight is 374 g/mol. The van der Waals surface area contributed by atoms with Gasteiger partial charge in [-0.15, -0.1) is 12.4 Å². The quantitative estimate of drug-likeness (QED) is 0.782. The number of fused-ring (bicyclic) bond motifs is 1. The fourth-order valence-electron chi connectivity index (χ4n) is 3.48. The highest BCUT2D eigenvalue weighted by atomic mass is 35.5. The number of nitrogens with zero attached hydrogens (tertiary/aromatic N) is 1. The molecule has 0 radical (unpaired) electrons. The fraction of sp³-hybridized carbons (Fsp3) is 0.381. The highest BCUT2D eigenvalue weighted by Gasteiger charge is 2.21. The molecule has 1 heterocycles. The summed E-state index contributed by atoms with van der Waals surface area (Å²) in [4.78, 5) is 14.7.